The van der Waals surface area contributed by atoms with Crippen molar-refractivity contribution in [3.63, 3.8) is 0 Å². The highest BCUT2D eigenvalue weighted by atomic mass is 15.3. The maximum Gasteiger partial charge on any atom is 0.239 e. The summed E-state index contributed by atoms with van der Waals surface area (Å²) in [5, 5.41) is 0. The summed E-state index contributed by atoms with van der Waals surface area (Å²) in [6, 6.07) is 0.562. The van der Waals surface area contributed by atoms with Gasteiger partial charge in [-0.25, -0.2) is 10.8 Å². The predicted octanol–water partition coefficient (Wildman–Crippen LogP) is 2.48. The topological polar surface area (TPSA) is 67.1 Å². The number of aryl methyl sites for hydroxylation is 1. The molecule has 0 bridgehead atoms. The van der Waals surface area contributed by atoms with Gasteiger partial charge >= 0.3 is 0 Å². The van der Waals surface area contributed by atoms with Crippen molar-refractivity contribution >= 4 is 11.8 Å². The highest BCUT2D eigenvalue weighted by Gasteiger charge is 2.29. The zero-order valence-corrected chi connectivity index (χ0v) is 12.4. The van der Waals surface area contributed by atoms with E-state index in [1.54, 1.807) is 0 Å². The van der Waals surface area contributed by atoms with Crippen molar-refractivity contribution in [1.29, 1.82) is 0 Å². The molecule has 3 N–H and O–H groups in total. The molecule has 0 unspecified atom stereocenters. The van der Waals surface area contributed by atoms with Gasteiger partial charge in [0, 0.05) is 24.8 Å². The number of rotatable bonds is 3. The molecule has 0 aromatic carbocycles. The lowest BCUT2D eigenvalue weighted by Crippen LogP contribution is -2.38. The summed E-state index contributed by atoms with van der Waals surface area (Å²) in [7, 11) is 2.12. The number of nitrogens with one attached hydrogen (secondary N) is 1. The molecule has 5 heteroatoms. The van der Waals surface area contributed by atoms with Gasteiger partial charge in [-0.15, -0.1) is 0 Å². The lowest BCUT2D eigenvalue weighted by molar-refractivity contribution is 0.222. The third kappa shape index (κ3) is 3.15. The third-order valence-corrected chi connectivity index (χ3v) is 4.26. The van der Waals surface area contributed by atoms with Crippen LogP contribution < -0.4 is 16.2 Å². The SMILES string of the molecule is Cc1cnc(NN)nc1N(C)C1CCC(C)(C)CC1. The predicted molar refractivity (Wildman–Crippen MR) is 79.0 cm³/mol. The zero-order chi connectivity index (χ0) is 14.0. The van der Waals surface area contributed by atoms with Gasteiger partial charge in [0.05, 0.1) is 0 Å². The third-order valence-electron chi connectivity index (χ3n) is 4.26. The highest BCUT2D eigenvalue weighted by molar-refractivity contribution is 5.49. The average molecular weight is 263 g/mol. The van der Waals surface area contributed by atoms with Gasteiger partial charge in [0.2, 0.25) is 5.95 Å². The molecule has 1 aromatic rings. The number of nitrogens with two attached hydrogens (primary N) is 1. The fraction of sp³-hybridized carbons (Fsp3) is 0.714. The van der Waals surface area contributed by atoms with Crippen LogP contribution in [0.3, 0.4) is 0 Å². The Hall–Kier alpha value is -1.36. The lowest BCUT2D eigenvalue weighted by Gasteiger charge is -2.39. The highest BCUT2D eigenvalue weighted by Crippen LogP contribution is 2.37. The van der Waals surface area contributed by atoms with E-state index in [1.807, 2.05) is 13.1 Å². The van der Waals surface area contributed by atoms with Crippen LogP contribution in [0.25, 0.3) is 0 Å². The Kier molecular flexibility index (Phi) is 3.94. The normalized spacial score (nSPS) is 19.2. The van der Waals surface area contributed by atoms with Gasteiger partial charge in [-0.05, 0) is 38.0 Å². The number of nitrogen functional groups attached to an aromatic ring is 1. The van der Waals surface area contributed by atoms with Crippen LogP contribution in [-0.2, 0) is 0 Å². The Morgan fingerprint density at radius 3 is 2.58 bits per heavy atom. The molecule has 1 fully saturated rings. The van der Waals surface area contributed by atoms with E-state index in [-0.39, 0.29) is 0 Å². The van der Waals surface area contributed by atoms with E-state index < -0.39 is 0 Å². The summed E-state index contributed by atoms with van der Waals surface area (Å²) in [4.78, 5) is 10.9. The number of hydrogen-bond donors (Lipinski definition) is 2. The van der Waals surface area contributed by atoms with Gasteiger partial charge in [0.25, 0.3) is 0 Å². The smallest absolute Gasteiger partial charge is 0.239 e. The van der Waals surface area contributed by atoms with Gasteiger partial charge in [-0.2, -0.15) is 4.98 Å². The van der Waals surface area contributed by atoms with Crippen LogP contribution in [0.4, 0.5) is 11.8 Å². The molecule has 0 amide bonds. The van der Waals surface area contributed by atoms with Crippen molar-refractivity contribution in [2.45, 2.75) is 52.5 Å². The number of nitrogens with zero attached hydrogens (tertiary/aromatic N) is 3. The molecule has 1 saturated carbocycles. The van der Waals surface area contributed by atoms with Crippen LogP contribution >= 0.6 is 0 Å². The molecule has 0 aliphatic heterocycles. The van der Waals surface area contributed by atoms with Crippen LogP contribution in [0.5, 0.6) is 0 Å². The Labute approximate surface area is 115 Å². The van der Waals surface area contributed by atoms with Gasteiger partial charge in [0.15, 0.2) is 0 Å². The molecule has 0 atom stereocenters. The molecule has 5 nitrogen and oxygen atoms in total. The van der Waals surface area contributed by atoms with Gasteiger partial charge < -0.3 is 4.90 Å². The van der Waals surface area contributed by atoms with Crippen molar-refractivity contribution in [3.8, 4) is 0 Å². The van der Waals surface area contributed by atoms with Crippen LogP contribution in [0.15, 0.2) is 6.20 Å². The standard InChI is InChI=1S/C14H25N5/c1-10-9-16-13(18-15)17-12(10)19(4)11-5-7-14(2,3)8-6-11/h9,11H,5-8,15H2,1-4H3,(H,16,17,18). The van der Waals surface area contributed by atoms with Crippen LogP contribution in [0, 0.1) is 12.3 Å². The van der Waals surface area contributed by atoms with Crippen molar-refractivity contribution in [2.24, 2.45) is 11.3 Å². The molecule has 1 aromatic heterocycles. The number of aromatic nitrogens is 2. The van der Waals surface area contributed by atoms with Crippen LogP contribution in [0.1, 0.15) is 45.1 Å². The molecule has 1 aliphatic carbocycles. The first kappa shape index (κ1) is 14.1. The summed E-state index contributed by atoms with van der Waals surface area (Å²) in [6.45, 7) is 6.75. The second-order valence-corrected chi connectivity index (χ2v) is 6.35. The summed E-state index contributed by atoms with van der Waals surface area (Å²) in [5.41, 5.74) is 4.09. The zero-order valence-electron chi connectivity index (χ0n) is 12.4. The summed E-state index contributed by atoms with van der Waals surface area (Å²) in [5.74, 6) is 6.84. The second-order valence-electron chi connectivity index (χ2n) is 6.35. The quantitative estimate of drug-likeness (QED) is 0.648. The summed E-state index contributed by atoms with van der Waals surface area (Å²) >= 11 is 0. The monoisotopic (exact) mass is 263 g/mol. The Bertz CT molecular complexity index is 433. The average Bonchev–Trinajstić information content (AvgIpc) is 2.38. The molecule has 19 heavy (non-hydrogen) atoms. The Balaban J connectivity index is 2.13. The minimum atomic E-state index is 0.476. The van der Waals surface area contributed by atoms with Crippen molar-refractivity contribution in [3.05, 3.63) is 11.8 Å². The number of hydrogen-bond acceptors (Lipinski definition) is 5. The second kappa shape index (κ2) is 5.33. The minimum absolute atomic E-state index is 0.476. The molecule has 0 saturated heterocycles. The summed E-state index contributed by atoms with van der Waals surface area (Å²) < 4.78 is 0. The Morgan fingerprint density at radius 1 is 1.37 bits per heavy atom. The van der Waals surface area contributed by atoms with E-state index in [4.69, 9.17) is 5.84 Å². The molecule has 1 heterocycles. The molecular formula is C14H25N5. The maximum atomic E-state index is 5.39. The first-order chi connectivity index (χ1) is 8.93. The first-order valence-corrected chi connectivity index (χ1v) is 6.96. The van der Waals surface area contributed by atoms with E-state index in [0.29, 0.717) is 17.4 Å². The van der Waals surface area contributed by atoms with Gasteiger partial charge in [-0.1, -0.05) is 13.8 Å². The molecular weight excluding hydrogens is 238 g/mol. The molecule has 0 radical (unpaired) electrons. The Morgan fingerprint density at radius 2 is 2.00 bits per heavy atom. The largest absolute Gasteiger partial charge is 0.356 e. The molecule has 0 spiro atoms. The molecule has 1 aliphatic rings. The minimum Gasteiger partial charge on any atom is -0.356 e. The van der Waals surface area contributed by atoms with E-state index in [9.17, 15) is 0 Å². The van der Waals surface area contributed by atoms with Crippen LogP contribution in [0.2, 0.25) is 0 Å². The van der Waals surface area contributed by atoms with Crippen molar-refractivity contribution in [2.75, 3.05) is 17.4 Å². The van der Waals surface area contributed by atoms with E-state index >= 15 is 0 Å². The number of anilines is 2. The molecule has 106 valence electrons. The van der Waals surface area contributed by atoms with E-state index in [0.717, 1.165) is 11.4 Å². The number of hydrazine groups is 1. The fourth-order valence-electron chi connectivity index (χ4n) is 2.80. The van der Waals surface area contributed by atoms with E-state index in [1.165, 1.54) is 25.7 Å². The lowest BCUT2D eigenvalue weighted by atomic mass is 9.75. The van der Waals surface area contributed by atoms with E-state index in [2.05, 4.69) is 41.2 Å². The van der Waals surface area contributed by atoms with Crippen LogP contribution in [-0.4, -0.2) is 23.1 Å². The maximum absolute atomic E-state index is 5.39. The first-order valence-electron chi connectivity index (χ1n) is 6.96. The molecule has 2 rings (SSSR count). The van der Waals surface area contributed by atoms with Crippen molar-refractivity contribution in [1.82, 2.24) is 9.97 Å². The van der Waals surface area contributed by atoms with Gasteiger partial charge in [-0.3, -0.25) is 5.43 Å². The van der Waals surface area contributed by atoms with Crippen molar-refractivity contribution < 1.29 is 0 Å². The fourth-order valence-corrected chi connectivity index (χ4v) is 2.80. The summed E-state index contributed by atoms with van der Waals surface area (Å²) in [6.07, 6.45) is 6.81. The van der Waals surface area contributed by atoms with Gasteiger partial charge in [0.1, 0.15) is 5.82 Å².